The highest BCUT2D eigenvalue weighted by Crippen LogP contribution is 2.37. The summed E-state index contributed by atoms with van der Waals surface area (Å²) in [6.07, 6.45) is 5.29. The first-order chi connectivity index (χ1) is 14.4. The normalized spacial score (nSPS) is 14.4. The number of carbonyl (C=O) groups excluding carboxylic acids is 1. The Morgan fingerprint density at radius 1 is 1.00 bits per heavy atom. The smallest absolute Gasteiger partial charge is 0.137 e. The fourth-order valence-corrected chi connectivity index (χ4v) is 3.83. The minimum absolute atomic E-state index is 0.296. The molecule has 0 N–H and O–H groups in total. The second-order valence-electron chi connectivity index (χ2n) is 8.61. The Hall–Kier alpha value is -2.43. The maximum atomic E-state index is 12.5. The summed E-state index contributed by atoms with van der Waals surface area (Å²) in [6.45, 7) is 2.50. The summed E-state index contributed by atoms with van der Waals surface area (Å²) in [4.78, 5) is 16.8. The Morgan fingerprint density at radius 2 is 1.77 bits per heavy atom. The van der Waals surface area contributed by atoms with Crippen LogP contribution in [0.5, 0.6) is 5.75 Å². The summed E-state index contributed by atoms with van der Waals surface area (Å²) in [5.74, 6) is 1.19. The topological polar surface area (TPSA) is 32.8 Å². The van der Waals surface area contributed by atoms with E-state index in [-0.39, 0.29) is 0 Å². The minimum atomic E-state index is 0.296. The standard InChI is InChI=1S/C26H34N2O2/c1-27(2)15-7-10-22(29)17-20-13-14-26-25(18-20)24(12-8-16-28(3)4)23-11-6-5-9-21(23)19-30-26/h5-6,9,11-14,18H,7-8,10,15-17,19H2,1-4H3. The summed E-state index contributed by atoms with van der Waals surface area (Å²) in [7, 11) is 8.27. The molecule has 1 heterocycles. The van der Waals surface area contributed by atoms with Crippen molar-refractivity contribution in [2.24, 2.45) is 0 Å². The van der Waals surface area contributed by atoms with Crippen molar-refractivity contribution in [1.29, 1.82) is 0 Å². The van der Waals surface area contributed by atoms with Crippen LogP contribution in [0.2, 0.25) is 0 Å². The molecule has 30 heavy (non-hydrogen) atoms. The van der Waals surface area contributed by atoms with Gasteiger partial charge in [0.15, 0.2) is 0 Å². The predicted molar refractivity (Wildman–Crippen MR) is 124 cm³/mol. The molecule has 4 nitrogen and oxygen atoms in total. The van der Waals surface area contributed by atoms with Gasteiger partial charge in [0.25, 0.3) is 0 Å². The minimum Gasteiger partial charge on any atom is -0.488 e. The molecule has 0 saturated heterocycles. The number of hydrogen-bond donors (Lipinski definition) is 0. The molecule has 0 radical (unpaired) electrons. The molecule has 2 aromatic rings. The molecule has 0 bridgehead atoms. The molecule has 160 valence electrons. The van der Waals surface area contributed by atoms with Crippen LogP contribution < -0.4 is 4.74 Å². The van der Waals surface area contributed by atoms with E-state index in [1.54, 1.807) is 0 Å². The van der Waals surface area contributed by atoms with Gasteiger partial charge in [-0.05, 0) is 82.0 Å². The van der Waals surface area contributed by atoms with E-state index in [0.717, 1.165) is 42.8 Å². The number of carbonyl (C=O) groups is 1. The molecule has 0 spiro atoms. The molecule has 0 fully saturated rings. The summed E-state index contributed by atoms with van der Waals surface area (Å²) in [6, 6.07) is 14.7. The highest BCUT2D eigenvalue weighted by atomic mass is 16.5. The molecule has 0 unspecified atom stereocenters. The first-order valence-electron chi connectivity index (χ1n) is 10.8. The van der Waals surface area contributed by atoms with E-state index in [4.69, 9.17) is 4.74 Å². The molecule has 1 aliphatic rings. The molecule has 2 aromatic carbocycles. The van der Waals surface area contributed by atoms with E-state index in [0.29, 0.717) is 25.2 Å². The van der Waals surface area contributed by atoms with Gasteiger partial charge in [-0.25, -0.2) is 0 Å². The summed E-state index contributed by atoms with van der Waals surface area (Å²) >= 11 is 0. The van der Waals surface area contributed by atoms with Crippen molar-refractivity contribution in [1.82, 2.24) is 9.80 Å². The van der Waals surface area contributed by atoms with Gasteiger partial charge in [-0.3, -0.25) is 4.79 Å². The van der Waals surface area contributed by atoms with E-state index in [1.165, 1.54) is 16.7 Å². The highest BCUT2D eigenvalue weighted by Gasteiger charge is 2.19. The average molecular weight is 407 g/mol. The van der Waals surface area contributed by atoms with Gasteiger partial charge < -0.3 is 14.5 Å². The first kappa shape index (κ1) is 22.3. The zero-order chi connectivity index (χ0) is 21.5. The van der Waals surface area contributed by atoms with Crippen molar-refractivity contribution in [3.8, 4) is 5.75 Å². The number of ketones is 1. The molecule has 0 amide bonds. The maximum Gasteiger partial charge on any atom is 0.137 e. The monoisotopic (exact) mass is 406 g/mol. The molecule has 0 saturated carbocycles. The Labute approximate surface area is 181 Å². The zero-order valence-corrected chi connectivity index (χ0v) is 18.8. The number of benzene rings is 2. The third-order valence-corrected chi connectivity index (χ3v) is 5.41. The van der Waals surface area contributed by atoms with Crippen molar-refractivity contribution >= 4 is 11.4 Å². The van der Waals surface area contributed by atoms with E-state index < -0.39 is 0 Å². The van der Waals surface area contributed by atoms with Crippen LogP contribution in [-0.4, -0.2) is 56.9 Å². The number of Topliss-reactive ketones (excluding diaryl/α,β-unsaturated/α-hetero) is 1. The lowest BCUT2D eigenvalue weighted by Crippen LogP contribution is -2.14. The van der Waals surface area contributed by atoms with Gasteiger partial charge >= 0.3 is 0 Å². The average Bonchev–Trinajstić information content (AvgIpc) is 2.85. The van der Waals surface area contributed by atoms with Crippen LogP contribution in [-0.2, 0) is 17.8 Å². The van der Waals surface area contributed by atoms with Gasteiger partial charge in [-0.15, -0.1) is 0 Å². The number of nitrogens with zero attached hydrogens (tertiary/aromatic N) is 2. The molecular formula is C26H34N2O2. The van der Waals surface area contributed by atoms with Gasteiger partial charge in [0.05, 0.1) is 0 Å². The molecular weight excluding hydrogens is 372 g/mol. The lowest BCUT2D eigenvalue weighted by molar-refractivity contribution is -0.118. The quantitative estimate of drug-likeness (QED) is 0.617. The Morgan fingerprint density at radius 3 is 2.53 bits per heavy atom. The van der Waals surface area contributed by atoms with Crippen LogP contribution in [0.3, 0.4) is 0 Å². The second kappa shape index (κ2) is 10.6. The van der Waals surface area contributed by atoms with Gasteiger partial charge in [-0.1, -0.05) is 36.4 Å². The third kappa shape index (κ3) is 6.04. The van der Waals surface area contributed by atoms with Crippen LogP contribution >= 0.6 is 0 Å². The molecule has 0 aromatic heterocycles. The fraction of sp³-hybridized carbons (Fsp3) is 0.423. The Kier molecular flexibility index (Phi) is 7.83. The lowest BCUT2D eigenvalue weighted by atomic mass is 9.91. The largest absolute Gasteiger partial charge is 0.488 e. The van der Waals surface area contributed by atoms with Crippen LogP contribution in [0.1, 0.15) is 41.5 Å². The van der Waals surface area contributed by atoms with Crippen molar-refractivity contribution in [3.63, 3.8) is 0 Å². The summed E-state index contributed by atoms with van der Waals surface area (Å²) in [5.41, 5.74) is 5.79. The second-order valence-corrected chi connectivity index (χ2v) is 8.61. The van der Waals surface area contributed by atoms with Crippen LogP contribution in [0.4, 0.5) is 0 Å². The fourth-order valence-electron chi connectivity index (χ4n) is 3.83. The summed E-state index contributed by atoms with van der Waals surface area (Å²) < 4.78 is 6.14. The predicted octanol–water partition coefficient (Wildman–Crippen LogP) is 4.42. The lowest BCUT2D eigenvalue weighted by Gasteiger charge is -2.14. The van der Waals surface area contributed by atoms with Crippen LogP contribution in [0, 0.1) is 0 Å². The van der Waals surface area contributed by atoms with Gasteiger partial charge in [-0.2, -0.15) is 0 Å². The van der Waals surface area contributed by atoms with E-state index in [2.05, 4.69) is 60.3 Å². The maximum absolute atomic E-state index is 12.5. The zero-order valence-electron chi connectivity index (χ0n) is 18.8. The summed E-state index contributed by atoms with van der Waals surface area (Å²) in [5, 5.41) is 0. The van der Waals surface area contributed by atoms with Gasteiger partial charge in [0.2, 0.25) is 0 Å². The SMILES string of the molecule is CN(C)CCC=C1c2ccccc2COc2ccc(CC(=O)CCCN(C)C)cc21. The van der Waals surface area contributed by atoms with Crippen molar-refractivity contribution in [2.75, 3.05) is 41.3 Å². The van der Waals surface area contributed by atoms with Crippen molar-refractivity contribution in [3.05, 3.63) is 70.8 Å². The Bertz CT molecular complexity index is 900. The molecule has 1 aliphatic heterocycles. The van der Waals surface area contributed by atoms with Crippen LogP contribution in [0.15, 0.2) is 48.5 Å². The first-order valence-corrected chi connectivity index (χ1v) is 10.8. The van der Waals surface area contributed by atoms with E-state index in [1.807, 2.05) is 26.2 Å². The molecule has 3 rings (SSSR count). The third-order valence-electron chi connectivity index (χ3n) is 5.41. The van der Waals surface area contributed by atoms with Crippen molar-refractivity contribution < 1.29 is 9.53 Å². The molecule has 0 atom stereocenters. The van der Waals surface area contributed by atoms with Gasteiger partial charge in [0, 0.05) is 24.9 Å². The van der Waals surface area contributed by atoms with E-state index >= 15 is 0 Å². The number of rotatable bonds is 9. The molecule has 4 heteroatoms. The number of fused-ring (bicyclic) bond motifs is 2. The van der Waals surface area contributed by atoms with E-state index in [9.17, 15) is 4.79 Å². The number of ether oxygens (including phenoxy) is 1. The highest BCUT2D eigenvalue weighted by molar-refractivity contribution is 5.86. The van der Waals surface area contributed by atoms with Crippen molar-refractivity contribution in [2.45, 2.75) is 32.3 Å². The van der Waals surface area contributed by atoms with Crippen LogP contribution in [0.25, 0.3) is 5.57 Å². The molecule has 0 aliphatic carbocycles. The van der Waals surface area contributed by atoms with Gasteiger partial charge in [0.1, 0.15) is 18.1 Å². The number of hydrogen-bond acceptors (Lipinski definition) is 4. The Balaban J connectivity index is 1.87.